The number of amides is 2. The summed E-state index contributed by atoms with van der Waals surface area (Å²) in [5.74, 6) is 0. The highest BCUT2D eigenvalue weighted by molar-refractivity contribution is 6.31. The smallest absolute Gasteiger partial charge is 0.317 e. The predicted octanol–water partition coefficient (Wildman–Crippen LogP) is 3.04. The molecule has 0 spiro atoms. The Hall–Kier alpha value is -1.30. The molecule has 1 aromatic carbocycles. The van der Waals surface area contributed by atoms with Crippen molar-refractivity contribution in [3.63, 3.8) is 0 Å². The van der Waals surface area contributed by atoms with Crippen LogP contribution in [0.2, 0.25) is 5.02 Å². The third-order valence-electron chi connectivity index (χ3n) is 5.99. The van der Waals surface area contributed by atoms with Gasteiger partial charge in [0.15, 0.2) is 0 Å². The van der Waals surface area contributed by atoms with Gasteiger partial charge in [0.2, 0.25) is 0 Å². The molecule has 2 aliphatic rings. The lowest BCUT2D eigenvalue weighted by Crippen LogP contribution is -2.60. The van der Waals surface area contributed by atoms with Crippen LogP contribution in [0.1, 0.15) is 31.2 Å². The Balaban J connectivity index is 1.57. The number of hydrogen-bond donors (Lipinski definition) is 1. The van der Waals surface area contributed by atoms with Crippen molar-refractivity contribution in [3.05, 3.63) is 34.9 Å². The molecule has 5 nitrogen and oxygen atoms in total. The fraction of sp³-hybridized carbons (Fsp3) is 0.650. The quantitative estimate of drug-likeness (QED) is 0.855. The molecule has 1 aromatic rings. The van der Waals surface area contributed by atoms with Gasteiger partial charge in [0, 0.05) is 56.9 Å². The number of carbonyl (C=O) groups excluding carboxylic acids is 1. The molecule has 26 heavy (non-hydrogen) atoms. The van der Waals surface area contributed by atoms with Gasteiger partial charge in [-0.1, -0.05) is 42.6 Å². The van der Waals surface area contributed by atoms with Gasteiger partial charge in [-0.2, -0.15) is 0 Å². The highest BCUT2D eigenvalue weighted by Crippen LogP contribution is 2.35. The first-order valence-corrected chi connectivity index (χ1v) is 10.0. The van der Waals surface area contributed by atoms with Crippen LogP contribution in [0.15, 0.2) is 24.3 Å². The number of carbonyl (C=O) groups is 1. The fourth-order valence-electron chi connectivity index (χ4n) is 4.25. The summed E-state index contributed by atoms with van der Waals surface area (Å²) in [4.78, 5) is 19.4. The van der Waals surface area contributed by atoms with Gasteiger partial charge in [0.1, 0.15) is 0 Å². The van der Waals surface area contributed by atoms with E-state index in [-0.39, 0.29) is 11.6 Å². The Morgan fingerprint density at radius 1 is 1.19 bits per heavy atom. The van der Waals surface area contributed by atoms with Crippen molar-refractivity contribution >= 4 is 17.6 Å². The minimum atomic E-state index is -0.0228. The van der Waals surface area contributed by atoms with Crippen molar-refractivity contribution in [2.24, 2.45) is 0 Å². The first-order valence-electron chi connectivity index (χ1n) is 9.66. The van der Waals surface area contributed by atoms with Gasteiger partial charge >= 0.3 is 6.03 Å². The maximum atomic E-state index is 12.6. The van der Waals surface area contributed by atoms with E-state index in [1.165, 1.54) is 25.7 Å². The van der Waals surface area contributed by atoms with Crippen molar-refractivity contribution in [1.29, 1.82) is 0 Å². The minimum absolute atomic E-state index is 0.0228. The molecule has 0 bridgehead atoms. The van der Waals surface area contributed by atoms with Crippen LogP contribution >= 0.6 is 11.6 Å². The van der Waals surface area contributed by atoms with E-state index in [0.29, 0.717) is 11.6 Å². The monoisotopic (exact) mass is 378 g/mol. The second-order valence-electron chi connectivity index (χ2n) is 7.83. The topological polar surface area (TPSA) is 38.8 Å². The number of piperazine rings is 1. The largest absolute Gasteiger partial charge is 0.336 e. The van der Waals surface area contributed by atoms with E-state index in [9.17, 15) is 4.79 Å². The van der Waals surface area contributed by atoms with E-state index in [1.807, 2.05) is 31.3 Å². The minimum Gasteiger partial charge on any atom is -0.336 e. The van der Waals surface area contributed by atoms with Crippen LogP contribution in [0.3, 0.4) is 0 Å². The first-order chi connectivity index (χ1) is 12.5. The highest BCUT2D eigenvalue weighted by Gasteiger charge is 2.40. The molecule has 1 saturated heterocycles. The summed E-state index contributed by atoms with van der Waals surface area (Å²) >= 11 is 6.22. The van der Waals surface area contributed by atoms with E-state index in [0.717, 1.165) is 38.3 Å². The Bertz CT molecular complexity index is 610. The zero-order valence-corrected chi connectivity index (χ0v) is 16.8. The van der Waals surface area contributed by atoms with Gasteiger partial charge in [0.25, 0.3) is 0 Å². The molecule has 0 atom stereocenters. The van der Waals surface area contributed by atoms with E-state index in [1.54, 1.807) is 4.90 Å². The summed E-state index contributed by atoms with van der Waals surface area (Å²) in [5, 5.41) is 3.91. The predicted molar refractivity (Wildman–Crippen MR) is 107 cm³/mol. The first kappa shape index (κ1) is 19.5. The zero-order valence-electron chi connectivity index (χ0n) is 16.0. The van der Waals surface area contributed by atoms with Crippen molar-refractivity contribution in [2.75, 3.05) is 46.8 Å². The molecule has 1 heterocycles. The molecule has 3 rings (SSSR count). The van der Waals surface area contributed by atoms with Crippen LogP contribution in [0.25, 0.3) is 0 Å². The molecular formula is C20H31ClN4O. The van der Waals surface area contributed by atoms with Crippen molar-refractivity contribution in [3.8, 4) is 0 Å². The second-order valence-corrected chi connectivity index (χ2v) is 8.24. The van der Waals surface area contributed by atoms with Gasteiger partial charge in [-0.05, 0) is 31.5 Å². The van der Waals surface area contributed by atoms with Gasteiger partial charge in [-0.3, -0.25) is 4.90 Å². The molecule has 144 valence electrons. The Morgan fingerprint density at radius 2 is 1.85 bits per heavy atom. The van der Waals surface area contributed by atoms with Gasteiger partial charge in [0.05, 0.1) is 0 Å². The highest BCUT2D eigenvalue weighted by atomic mass is 35.5. The fourth-order valence-corrected chi connectivity index (χ4v) is 4.44. The second kappa shape index (κ2) is 8.59. The maximum absolute atomic E-state index is 12.6. The lowest BCUT2D eigenvalue weighted by atomic mass is 9.94. The number of rotatable bonds is 5. The molecule has 1 aliphatic heterocycles. The van der Waals surface area contributed by atoms with Crippen molar-refractivity contribution < 1.29 is 4.79 Å². The van der Waals surface area contributed by atoms with E-state index >= 15 is 0 Å². The molecule has 1 N–H and O–H groups in total. The van der Waals surface area contributed by atoms with Gasteiger partial charge < -0.3 is 15.1 Å². The number of nitrogens with zero attached hydrogens (tertiary/aromatic N) is 3. The number of likely N-dealkylation sites (N-methyl/N-ethyl adjacent to an activating group) is 1. The summed E-state index contributed by atoms with van der Waals surface area (Å²) in [7, 11) is 4.01. The van der Waals surface area contributed by atoms with Crippen molar-refractivity contribution in [2.45, 2.75) is 37.8 Å². The van der Waals surface area contributed by atoms with Crippen LogP contribution in [0.5, 0.6) is 0 Å². The molecule has 1 aliphatic carbocycles. The number of halogens is 1. The van der Waals surface area contributed by atoms with E-state index in [2.05, 4.69) is 22.2 Å². The summed E-state index contributed by atoms with van der Waals surface area (Å²) in [6.07, 6.45) is 4.89. The summed E-state index contributed by atoms with van der Waals surface area (Å²) in [5.41, 5.74) is 1.11. The van der Waals surface area contributed by atoms with Crippen LogP contribution in [-0.4, -0.2) is 73.1 Å². The third kappa shape index (κ3) is 4.51. The number of urea groups is 1. The molecule has 2 amide bonds. The average molecular weight is 379 g/mol. The van der Waals surface area contributed by atoms with Gasteiger partial charge in [-0.25, -0.2) is 4.79 Å². The summed E-state index contributed by atoms with van der Waals surface area (Å²) in [6, 6.07) is 7.67. The summed E-state index contributed by atoms with van der Waals surface area (Å²) in [6.45, 7) is 5.68. The van der Waals surface area contributed by atoms with Crippen LogP contribution in [0, 0.1) is 0 Å². The molecule has 6 heteroatoms. The normalized spacial score (nSPS) is 20.9. The standard InChI is InChI=1S/C20H31ClN4O/c1-23-11-13-25(14-12-23)20(9-5-6-10-20)16-22-19(26)24(2)15-17-7-3-4-8-18(17)21/h3-4,7-8H,5-6,9-16H2,1-2H3,(H,22,26). The maximum Gasteiger partial charge on any atom is 0.317 e. The van der Waals surface area contributed by atoms with E-state index < -0.39 is 0 Å². The van der Waals surface area contributed by atoms with Crippen LogP contribution in [-0.2, 0) is 6.54 Å². The molecule has 0 aromatic heterocycles. The lowest BCUT2D eigenvalue weighted by molar-refractivity contribution is 0.0435. The molecule has 0 unspecified atom stereocenters. The Kier molecular flexibility index (Phi) is 6.43. The number of benzene rings is 1. The van der Waals surface area contributed by atoms with Crippen LogP contribution < -0.4 is 5.32 Å². The SMILES string of the molecule is CN1CCN(C2(CNC(=O)N(C)Cc3ccccc3Cl)CCCC2)CC1. The molecular weight excluding hydrogens is 348 g/mol. The number of hydrogen-bond acceptors (Lipinski definition) is 3. The van der Waals surface area contributed by atoms with Crippen molar-refractivity contribution in [1.82, 2.24) is 20.0 Å². The molecule has 1 saturated carbocycles. The van der Waals surface area contributed by atoms with Gasteiger partial charge in [-0.15, -0.1) is 0 Å². The lowest BCUT2D eigenvalue weighted by Gasteiger charge is -2.45. The Morgan fingerprint density at radius 3 is 2.50 bits per heavy atom. The Labute approximate surface area is 162 Å². The zero-order chi connectivity index (χ0) is 18.6. The number of nitrogens with one attached hydrogen (secondary N) is 1. The van der Waals surface area contributed by atoms with E-state index in [4.69, 9.17) is 11.6 Å². The van der Waals surface area contributed by atoms with Crippen LogP contribution in [0.4, 0.5) is 4.79 Å². The average Bonchev–Trinajstić information content (AvgIpc) is 3.12. The third-order valence-corrected chi connectivity index (χ3v) is 6.36. The molecule has 0 radical (unpaired) electrons. The molecule has 2 fully saturated rings. The summed E-state index contributed by atoms with van der Waals surface area (Å²) < 4.78 is 0.